The van der Waals surface area contributed by atoms with Gasteiger partial charge in [-0.05, 0) is 31.2 Å². The maximum absolute atomic E-state index is 12.2. The molecule has 5 nitrogen and oxygen atoms in total. The number of benzene rings is 1. The van der Waals surface area contributed by atoms with E-state index in [1.165, 1.54) is 0 Å². The first-order valence-electron chi connectivity index (χ1n) is 8.57. The van der Waals surface area contributed by atoms with Crippen LogP contribution >= 0.6 is 0 Å². The molecule has 0 heterocycles. The topological polar surface area (TPSA) is 94.8 Å². The maximum Gasteiger partial charge on any atom is 0.321 e. The van der Waals surface area contributed by atoms with Crippen molar-refractivity contribution < 1.29 is 24.9 Å². The van der Waals surface area contributed by atoms with Gasteiger partial charge in [0.1, 0.15) is 0 Å². The molecular formula is C19H26O5. The summed E-state index contributed by atoms with van der Waals surface area (Å²) in [5.74, 6) is -3.13. The number of carbonyl (C=O) groups is 2. The number of rotatable bonds is 6. The van der Waals surface area contributed by atoms with E-state index in [0.717, 1.165) is 5.56 Å². The van der Waals surface area contributed by atoms with Crippen LogP contribution < -0.4 is 0 Å². The van der Waals surface area contributed by atoms with Crippen molar-refractivity contribution in [2.24, 2.45) is 10.8 Å². The molecule has 3 N–H and O–H groups in total. The maximum atomic E-state index is 12.2. The summed E-state index contributed by atoms with van der Waals surface area (Å²) in [7, 11) is 0. The minimum Gasteiger partial charge on any atom is -0.480 e. The zero-order chi connectivity index (χ0) is 18.0. The molecule has 0 radical (unpaired) electrons. The molecule has 5 heteroatoms. The van der Waals surface area contributed by atoms with Crippen molar-refractivity contribution in [1.82, 2.24) is 0 Å². The predicted molar refractivity (Wildman–Crippen MR) is 89.8 cm³/mol. The Morgan fingerprint density at radius 3 is 2.21 bits per heavy atom. The van der Waals surface area contributed by atoms with Crippen molar-refractivity contribution in [2.45, 2.75) is 58.0 Å². The summed E-state index contributed by atoms with van der Waals surface area (Å²) in [6.45, 7) is 3.45. The number of carboxylic acid groups (broad SMARTS) is 2. The smallest absolute Gasteiger partial charge is 0.321 e. The lowest BCUT2D eigenvalue weighted by Gasteiger charge is -2.54. The zero-order valence-corrected chi connectivity index (χ0v) is 14.2. The van der Waals surface area contributed by atoms with Gasteiger partial charge >= 0.3 is 11.9 Å². The molecule has 1 aromatic rings. The van der Waals surface area contributed by atoms with Crippen LogP contribution in [0.1, 0.15) is 57.4 Å². The van der Waals surface area contributed by atoms with Crippen LogP contribution in [0.2, 0.25) is 0 Å². The van der Waals surface area contributed by atoms with Crippen molar-refractivity contribution in [2.75, 3.05) is 0 Å². The molecule has 0 aliphatic heterocycles. The quantitative estimate of drug-likeness (QED) is 0.694. The number of hydrogen-bond donors (Lipinski definition) is 3. The summed E-state index contributed by atoms with van der Waals surface area (Å²) in [6.07, 6.45) is 1.29. The molecule has 132 valence electrons. The van der Waals surface area contributed by atoms with Gasteiger partial charge in [-0.15, -0.1) is 0 Å². The lowest BCUT2D eigenvalue weighted by Crippen LogP contribution is -2.58. The highest BCUT2D eigenvalue weighted by Crippen LogP contribution is 2.60. The normalized spacial score (nSPS) is 27.6. The molecule has 24 heavy (non-hydrogen) atoms. The molecule has 1 aliphatic carbocycles. The Morgan fingerprint density at radius 2 is 1.75 bits per heavy atom. The van der Waals surface area contributed by atoms with Crippen molar-refractivity contribution in [1.29, 1.82) is 0 Å². The van der Waals surface area contributed by atoms with E-state index in [9.17, 15) is 24.9 Å². The van der Waals surface area contributed by atoms with Crippen LogP contribution in [0.15, 0.2) is 30.3 Å². The SMILES string of the molecule is CCC(C(=O)O)(C(=O)O)C1(CC)CCCC(O)C1c1ccccc1. The molecule has 0 amide bonds. The van der Waals surface area contributed by atoms with Crippen molar-refractivity contribution in [3.05, 3.63) is 35.9 Å². The highest BCUT2D eigenvalue weighted by Gasteiger charge is 2.65. The third-order valence-electron chi connectivity index (χ3n) is 6.00. The first-order chi connectivity index (χ1) is 11.4. The summed E-state index contributed by atoms with van der Waals surface area (Å²) < 4.78 is 0. The van der Waals surface area contributed by atoms with E-state index in [2.05, 4.69) is 0 Å². The average Bonchev–Trinajstić information content (AvgIpc) is 2.56. The van der Waals surface area contributed by atoms with Gasteiger partial charge in [-0.3, -0.25) is 9.59 Å². The van der Waals surface area contributed by atoms with Crippen molar-refractivity contribution in [3.8, 4) is 0 Å². The summed E-state index contributed by atoms with van der Waals surface area (Å²) in [5, 5.41) is 30.6. The molecule has 1 aromatic carbocycles. The number of aliphatic hydroxyl groups excluding tert-OH is 1. The van der Waals surface area contributed by atoms with Gasteiger partial charge in [0.25, 0.3) is 0 Å². The van der Waals surface area contributed by atoms with Gasteiger partial charge in [-0.25, -0.2) is 0 Å². The van der Waals surface area contributed by atoms with E-state index in [0.29, 0.717) is 25.7 Å². The second-order valence-electron chi connectivity index (χ2n) is 6.73. The Labute approximate surface area is 142 Å². The Balaban J connectivity index is 2.74. The summed E-state index contributed by atoms with van der Waals surface area (Å²) in [4.78, 5) is 24.4. The zero-order valence-electron chi connectivity index (χ0n) is 14.2. The van der Waals surface area contributed by atoms with E-state index in [1.54, 1.807) is 6.92 Å². The lowest BCUT2D eigenvalue weighted by atomic mass is 9.48. The van der Waals surface area contributed by atoms with E-state index in [-0.39, 0.29) is 6.42 Å². The van der Waals surface area contributed by atoms with Gasteiger partial charge in [0.05, 0.1) is 6.10 Å². The van der Waals surface area contributed by atoms with Crippen LogP contribution in [-0.2, 0) is 9.59 Å². The van der Waals surface area contributed by atoms with E-state index in [1.807, 2.05) is 37.3 Å². The number of aliphatic carboxylic acids is 2. The Morgan fingerprint density at radius 1 is 1.17 bits per heavy atom. The van der Waals surface area contributed by atoms with Crippen LogP contribution in [0.25, 0.3) is 0 Å². The van der Waals surface area contributed by atoms with Crippen LogP contribution in [0.5, 0.6) is 0 Å². The second kappa shape index (κ2) is 6.93. The Hall–Kier alpha value is -1.88. The summed E-state index contributed by atoms with van der Waals surface area (Å²) >= 11 is 0. The van der Waals surface area contributed by atoms with E-state index in [4.69, 9.17) is 0 Å². The first kappa shape index (κ1) is 18.5. The van der Waals surface area contributed by atoms with E-state index >= 15 is 0 Å². The van der Waals surface area contributed by atoms with Gasteiger partial charge in [-0.1, -0.05) is 50.6 Å². The lowest BCUT2D eigenvalue weighted by molar-refractivity contribution is -0.185. The molecule has 0 saturated heterocycles. The predicted octanol–water partition coefficient (Wildman–Crippen LogP) is 3.28. The fraction of sp³-hybridized carbons (Fsp3) is 0.579. The number of hydrogen-bond acceptors (Lipinski definition) is 3. The van der Waals surface area contributed by atoms with Crippen LogP contribution in [0.3, 0.4) is 0 Å². The van der Waals surface area contributed by atoms with Crippen molar-refractivity contribution in [3.63, 3.8) is 0 Å². The molecular weight excluding hydrogens is 308 g/mol. The minimum absolute atomic E-state index is 0.0123. The fourth-order valence-electron chi connectivity index (χ4n) is 4.87. The van der Waals surface area contributed by atoms with Gasteiger partial charge in [0, 0.05) is 11.3 Å². The van der Waals surface area contributed by atoms with Crippen LogP contribution in [-0.4, -0.2) is 33.4 Å². The average molecular weight is 334 g/mol. The largest absolute Gasteiger partial charge is 0.480 e. The molecule has 0 spiro atoms. The van der Waals surface area contributed by atoms with Gasteiger partial charge in [-0.2, -0.15) is 0 Å². The van der Waals surface area contributed by atoms with Gasteiger partial charge in [0.15, 0.2) is 5.41 Å². The summed E-state index contributed by atoms with van der Waals surface area (Å²) in [6, 6.07) is 9.24. The second-order valence-corrected chi connectivity index (χ2v) is 6.73. The minimum atomic E-state index is -1.91. The molecule has 1 aliphatic rings. The number of aliphatic hydroxyl groups is 1. The van der Waals surface area contributed by atoms with Gasteiger partial charge < -0.3 is 15.3 Å². The summed E-state index contributed by atoms with van der Waals surface area (Å²) in [5.41, 5.74) is -2.13. The number of carboxylic acids is 2. The molecule has 2 rings (SSSR count). The Bertz CT molecular complexity index is 583. The van der Waals surface area contributed by atoms with Gasteiger partial charge in [0.2, 0.25) is 0 Å². The molecule has 1 fully saturated rings. The first-order valence-corrected chi connectivity index (χ1v) is 8.57. The molecule has 1 saturated carbocycles. The molecule has 3 unspecified atom stereocenters. The Kier molecular flexibility index (Phi) is 5.33. The fourth-order valence-corrected chi connectivity index (χ4v) is 4.87. The highest BCUT2D eigenvalue weighted by molar-refractivity contribution is 5.99. The third-order valence-corrected chi connectivity index (χ3v) is 6.00. The molecule has 0 bridgehead atoms. The van der Waals surface area contributed by atoms with Crippen molar-refractivity contribution >= 4 is 11.9 Å². The van der Waals surface area contributed by atoms with Crippen LogP contribution in [0, 0.1) is 10.8 Å². The van der Waals surface area contributed by atoms with Crippen LogP contribution in [0.4, 0.5) is 0 Å². The monoisotopic (exact) mass is 334 g/mol. The highest BCUT2D eigenvalue weighted by atomic mass is 16.4. The van der Waals surface area contributed by atoms with E-state index < -0.39 is 34.8 Å². The molecule has 0 aromatic heterocycles. The third kappa shape index (κ3) is 2.51. The standard InChI is InChI=1S/C19H26O5/c1-3-18(19(4-2,16(21)22)17(23)24)12-8-11-14(20)15(18)13-9-6-5-7-10-13/h5-7,9-10,14-15,20H,3-4,8,11-12H2,1-2H3,(H,21,22)(H,23,24). The molecule has 3 atom stereocenters.